The molecule has 0 aromatic rings. The Morgan fingerprint density at radius 3 is 1.84 bits per heavy atom. The highest BCUT2D eigenvalue weighted by atomic mass is 19.4. The number of hydrogen-bond acceptors (Lipinski definition) is 3. The number of ether oxygens (including phenoxy) is 1. The van der Waals surface area contributed by atoms with Crippen LogP contribution in [0.25, 0.3) is 0 Å². The molecule has 2 atom stereocenters. The SMILES string of the molecule is CCC(C)(F)C(=O)OC(C)(C)CC(C)(O)C(F)(F)F. The van der Waals surface area contributed by atoms with E-state index in [0.29, 0.717) is 6.92 Å². The zero-order valence-electron chi connectivity index (χ0n) is 11.7. The van der Waals surface area contributed by atoms with E-state index >= 15 is 0 Å². The van der Waals surface area contributed by atoms with Crippen molar-refractivity contribution in [2.24, 2.45) is 0 Å². The Bertz CT molecular complexity index is 332. The first kappa shape index (κ1) is 18.1. The molecule has 2 unspecified atom stereocenters. The topological polar surface area (TPSA) is 46.5 Å². The van der Waals surface area contributed by atoms with Gasteiger partial charge in [-0.1, -0.05) is 6.92 Å². The highest BCUT2D eigenvalue weighted by Crippen LogP contribution is 2.37. The molecule has 0 spiro atoms. The van der Waals surface area contributed by atoms with E-state index in [0.717, 1.165) is 6.92 Å². The van der Waals surface area contributed by atoms with Gasteiger partial charge in [0.25, 0.3) is 0 Å². The number of carbonyl (C=O) groups is 1. The molecule has 19 heavy (non-hydrogen) atoms. The summed E-state index contributed by atoms with van der Waals surface area (Å²) in [6.07, 6.45) is -5.90. The van der Waals surface area contributed by atoms with Crippen LogP contribution in [0.3, 0.4) is 0 Å². The van der Waals surface area contributed by atoms with Crippen LogP contribution in [0.1, 0.15) is 47.5 Å². The van der Waals surface area contributed by atoms with Gasteiger partial charge in [0.2, 0.25) is 5.67 Å². The zero-order chi connectivity index (χ0) is 15.7. The van der Waals surface area contributed by atoms with Crippen LogP contribution in [0.5, 0.6) is 0 Å². The standard InChI is InChI=1S/C12H20F4O3/c1-6-10(4,13)8(17)19-9(2,3)7-11(5,18)12(14,15)16/h18H,6-7H2,1-5H3. The second-order valence-electron chi connectivity index (χ2n) is 5.65. The normalized spacial score (nSPS) is 19.5. The Balaban J connectivity index is 4.89. The first-order chi connectivity index (χ1) is 8.15. The van der Waals surface area contributed by atoms with Crippen LogP contribution in [-0.4, -0.2) is 34.1 Å². The molecule has 0 fully saturated rings. The number of esters is 1. The molecule has 7 heteroatoms. The molecular formula is C12H20F4O3. The molecule has 0 bridgehead atoms. The number of halogens is 4. The van der Waals surface area contributed by atoms with Gasteiger partial charge >= 0.3 is 12.1 Å². The number of hydrogen-bond donors (Lipinski definition) is 1. The van der Waals surface area contributed by atoms with Crippen molar-refractivity contribution in [2.45, 2.75) is 70.5 Å². The summed E-state index contributed by atoms with van der Waals surface area (Å²) in [7, 11) is 0. The first-order valence-corrected chi connectivity index (χ1v) is 5.86. The number of carbonyl (C=O) groups excluding carboxylic acids is 1. The van der Waals surface area contributed by atoms with Gasteiger partial charge in [-0.2, -0.15) is 13.2 Å². The van der Waals surface area contributed by atoms with Gasteiger partial charge in [0.1, 0.15) is 5.60 Å². The maximum Gasteiger partial charge on any atom is 0.417 e. The van der Waals surface area contributed by atoms with Crippen LogP contribution in [0.4, 0.5) is 17.6 Å². The lowest BCUT2D eigenvalue weighted by Gasteiger charge is -2.35. The minimum atomic E-state index is -4.86. The summed E-state index contributed by atoms with van der Waals surface area (Å²) in [5, 5.41) is 9.35. The zero-order valence-corrected chi connectivity index (χ0v) is 11.7. The summed E-state index contributed by atoms with van der Waals surface area (Å²) in [5.74, 6) is -1.24. The van der Waals surface area contributed by atoms with E-state index in [1.54, 1.807) is 0 Å². The quantitative estimate of drug-likeness (QED) is 0.624. The van der Waals surface area contributed by atoms with Gasteiger partial charge in [0, 0.05) is 6.42 Å². The number of rotatable bonds is 5. The summed E-state index contributed by atoms with van der Waals surface area (Å²) < 4.78 is 56.0. The van der Waals surface area contributed by atoms with Crippen LogP contribution < -0.4 is 0 Å². The van der Waals surface area contributed by atoms with Crippen molar-refractivity contribution in [2.75, 3.05) is 0 Å². The van der Waals surface area contributed by atoms with Crippen molar-refractivity contribution < 1.29 is 32.2 Å². The minimum Gasteiger partial charge on any atom is -0.457 e. The van der Waals surface area contributed by atoms with Crippen LogP contribution >= 0.6 is 0 Å². The molecule has 0 aliphatic carbocycles. The monoisotopic (exact) mass is 288 g/mol. The van der Waals surface area contributed by atoms with E-state index in [1.165, 1.54) is 20.8 Å². The molecule has 0 saturated heterocycles. The first-order valence-electron chi connectivity index (χ1n) is 5.86. The van der Waals surface area contributed by atoms with Crippen molar-refractivity contribution in [1.29, 1.82) is 0 Å². The van der Waals surface area contributed by atoms with Gasteiger partial charge < -0.3 is 9.84 Å². The molecule has 0 aliphatic heterocycles. The molecule has 0 rings (SSSR count). The fraction of sp³-hybridized carbons (Fsp3) is 0.917. The Labute approximate surface area is 109 Å². The van der Waals surface area contributed by atoms with Gasteiger partial charge in [-0.05, 0) is 34.1 Å². The van der Waals surface area contributed by atoms with Gasteiger partial charge in [0.05, 0.1) is 0 Å². The van der Waals surface area contributed by atoms with Crippen LogP contribution in [0, 0.1) is 0 Å². The highest BCUT2D eigenvalue weighted by Gasteiger charge is 2.53. The predicted octanol–water partition coefficient (Wildman–Crippen LogP) is 3.15. The molecule has 0 amide bonds. The molecule has 0 aromatic carbocycles. The van der Waals surface area contributed by atoms with Crippen molar-refractivity contribution in [3.63, 3.8) is 0 Å². The summed E-state index contributed by atoms with van der Waals surface area (Å²) in [5.41, 5.74) is -6.92. The number of alkyl halides is 4. The summed E-state index contributed by atoms with van der Waals surface area (Å²) in [6, 6.07) is 0. The maximum atomic E-state index is 13.7. The number of aliphatic hydroxyl groups is 1. The van der Waals surface area contributed by atoms with Gasteiger partial charge in [-0.3, -0.25) is 0 Å². The molecule has 0 radical (unpaired) electrons. The van der Waals surface area contributed by atoms with E-state index < -0.39 is 35.4 Å². The second-order valence-corrected chi connectivity index (χ2v) is 5.65. The molecule has 0 heterocycles. The minimum absolute atomic E-state index is 0.155. The van der Waals surface area contributed by atoms with E-state index in [1.807, 2.05) is 0 Å². The average molecular weight is 288 g/mol. The third-order valence-electron chi connectivity index (χ3n) is 2.84. The van der Waals surface area contributed by atoms with Crippen LogP contribution in [0.15, 0.2) is 0 Å². The summed E-state index contributed by atoms with van der Waals surface area (Å²) >= 11 is 0. The largest absolute Gasteiger partial charge is 0.457 e. The molecule has 114 valence electrons. The predicted molar refractivity (Wildman–Crippen MR) is 61.3 cm³/mol. The summed E-state index contributed by atoms with van der Waals surface area (Å²) in [4.78, 5) is 11.5. The molecule has 3 nitrogen and oxygen atoms in total. The van der Waals surface area contributed by atoms with Crippen molar-refractivity contribution >= 4 is 5.97 Å². The van der Waals surface area contributed by atoms with Gasteiger partial charge in [0.15, 0.2) is 5.60 Å². The third kappa shape index (κ3) is 4.97. The molecule has 0 aromatic heterocycles. The van der Waals surface area contributed by atoms with E-state index in [-0.39, 0.29) is 6.42 Å². The van der Waals surface area contributed by atoms with Gasteiger partial charge in [-0.15, -0.1) is 0 Å². The van der Waals surface area contributed by atoms with Crippen molar-refractivity contribution in [1.82, 2.24) is 0 Å². The Morgan fingerprint density at radius 1 is 1.11 bits per heavy atom. The smallest absolute Gasteiger partial charge is 0.417 e. The fourth-order valence-electron chi connectivity index (χ4n) is 1.47. The van der Waals surface area contributed by atoms with Crippen molar-refractivity contribution in [3.05, 3.63) is 0 Å². The van der Waals surface area contributed by atoms with E-state index in [9.17, 15) is 27.5 Å². The molecular weight excluding hydrogens is 268 g/mol. The van der Waals surface area contributed by atoms with Gasteiger partial charge in [-0.25, -0.2) is 9.18 Å². The molecule has 1 N–H and O–H groups in total. The Kier molecular flexibility index (Phi) is 5.03. The Hall–Kier alpha value is -0.850. The highest BCUT2D eigenvalue weighted by molar-refractivity contribution is 5.79. The molecule has 0 saturated carbocycles. The lowest BCUT2D eigenvalue weighted by atomic mass is 9.90. The lowest BCUT2D eigenvalue weighted by Crippen LogP contribution is -2.49. The summed E-state index contributed by atoms with van der Waals surface area (Å²) in [6.45, 7) is 5.37. The molecule has 0 aliphatic rings. The lowest BCUT2D eigenvalue weighted by molar-refractivity contribution is -0.268. The second kappa shape index (κ2) is 5.26. The van der Waals surface area contributed by atoms with E-state index in [2.05, 4.69) is 0 Å². The average Bonchev–Trinajstić information content (AvgIpc) is 2.13. The fourth-order valence-corrected chi connectivity index (χ4v) is 1.47. The van der Waals surface area contributed by atoms with Crippen LogP contribution in [-0.2, 0) is 9.53 Å². The van der Waals surface area contributed by atoms with Crippen molar-refractivity contribution in [3.8, 4) is 0 Å². The Morgan fingerprint density at radius 2 is 1.53 bits per heavy atom. The third-order valence-corrected chi connectivity index (χ3v) is 2.84. The van der Waals surface area contributed by atoms with Crippen LogP contribution in [0.2, 0.25) is 0 Å². The maximum absolute atomic E-state index is 13.7. The van der Waals surface area contributed by atoms with E-state index in [4.69, 9.17) is 4.74 Å².